The van der Waals surface area contributed by atoms with Gasteiger partial charge < -0.3 is 9.26 Å². The minimum absolute atomic E-state index is 0.0784. The van der Waals surface area contributed by atoms with E-state index in [4.69, 9.17) is 9.26 Å². The van der Waals surface area contributed by atoms with Gasteiger partial charge in [0.15, 0.2) is 12.4 Å². The number of carbonyl (C=O) groups is 1. The summed E-state index contributed by atoms with van der Waals surface area (Å²) in [6, 6.07) is 13.9. The molecule has 0 unspecified atom stereocenters. The minimum atomic E-state index is -4.04. The zero-order chi connectivity index (χ0) is 20.4. The molecule has 7 nitrogen and oxygen atoms in total. The van der Waals surface area contributed by atoms with Crippen molar-refractivity contribution in [1.29, 1.82) is 0 Å². The first-order valence-electron chi connectivity index (χ1n) is 8.92. The van der Waals surface area contributed by atoms with Gasteiger partial charge in [0.2, 0.25) is 10.0 Å². The Hall–Kier alpha value is -3.04. The number of halogens is 1. The van der Waals surface area contributed by atoms with Crippen molar-refractivity contribution in [3.05, 3.63) is 71.7 Å². The quantitative estimate of drug-likeness (QED) is 0.594. The maximum atomic E-state index is 14.0. The number of ether oxygens (including phenoxy) is 1. The van der Waals surface area contributed by atoms with Crippen LogP contribution in [0.25, 0.3) is 11.3 Å². The van der Waals surface area contributed by atoms with Crippen molar-refractivity contribution in [2.75, 3.05) is 0 Å². The fourth-order valence-electron chi connectivity index (χ4n) is 2.67. The summed E-state index contributed by atoms with van der Waals surface area (Å²) in [6.07, 6.45) is 1.43. The Labute approximate surface area is 166 Å². The number of hydrogen-bond acceptors (Lipinski definition) is 6. The van der Waals surface area contributed by atoms with Gasteiger partial charge in [-0.2, -0.15) is 0 Å². The van der Waals surface area contributed by atoms with E-state index in [1.165, 1.54) is 6.07 Å². The molecule has 0 amide bonds. The van der Waals surface area contributed by atoms with Gasteiger partial charge in [-0.1, -0.05) is 35.5 Å². The molecule has 0 bridgehead atoms. The van der Waals surface area contributed by atoms with Crippen LogP contribution in [0.15, 0.2) is 64.0 Å². The molecule has 0 spiro atoms. The molecule has 1 N–H and O–H groups in total. The maximum Gasteiger partial charge on any atom is 0.338 e. The van der Waals surface area contributed by atoms with Crippen LogP contribution in [-0.4, -0.2) is 25.6 Å². The van der Waals surface area contributed by atoms with Crippen molar-refractivity contribution in [3.63, 3.8) is 0 Å². The number of benzene rings is 2. The Morgan fingerprint density at radius 2 is 1.93 bits per heavy atom. The summed E-state index contributed by atoms with van der Waals surface area (Å²) in [5, 5.41) is 3.93. The van der Waals surface area contributed by atoms with E-state index in [0.717, 1.165) is 17.7 Å². The molecule has 150 valence electrons. The van der Waals surface area contributed by atoms with Crippen molar-refractivity contribution in [2.45, 2.75) is 30.4 Å². The molecule has 1 aliphatic rings. The molecule has 1 aromatic heterocycles. The van der Waals surface area contributed by atoms with E-state index in [9.17, 15) is 17.6 Å². The zero-order valence-corrected chi connectivity index (χ0v) is 16.0. The molecule has 1 aliphatic carbocycles. The summed E-state index contributed by atoms with van der Waals surface area (Å²) in [7, 11) is -4.04. The van der Waals surface area contributed by atoms with Crippen molar-refractivity contribution in [2.24, 2.45) is 0 Å². The van der Waals surface area contributed by atoms with E-state index in [-0.39, 0.29) is 18.2 Å². The van der Waals surface area contributed by atoms with Crippen LogP contribution in [-0.2, 0) is 21.4 Å². The molecule has 0 saturated heterocycles. The van der Waals surface area contributed by atoms with Crippen LogP contribution in [0.3, 0.4) is 0 Å². The van der Waals surface area contributed by atoms with Crippen molar-refractivity contribution >= 4 is 16.0 Å². The van der Waals surface area contributed by atoms with Crippen LogP contribution < -0.4 is 4.72 Å². The highest BCUT2D eigenvalue weighted by Gasteiger charge is 2.30. The molecule has 1 fully saturated rings. The molecule has 0 radical (unpaired) electrons. The normalized spacial score (nSPS) is 14.0. The molecule has 9 heteroatoms. The second kappa shape index (κ2) is 7.76. The average Bonchev–Trinajstić information content (AvgIpc) is 3.39. The van der Waals surface area contributed by atoms with Crippen LogP contribution >= 0.6 is 0 Å². The van der Waals surface area contributed by atoms with E-state index in [2.05, 4.69) is 9.88 Å². The van der Waals surface area contributed by atoms with Gasteiger partial charge in [0.05, 0.1) is 5.56 Å². The van der Waals surface area contributed by atoms with Gasteiger partial charge in [0.1, 0.15) is 16.4 Å². The van der Waals surface area contributed by atoms with Crippen LogP contribution in [0.5, 0.6) is 0 Å². The van der Waals surface area contributed by atoms with E-state index in [0.29, 0.717) is 24.3 Å². The molecule has 3 aromatic rings. The van der Waals surface area contributed by atoms with Crippen molar-refractivity contribution in [3.8, 4) is 11.3 Å². The second-order valence-electron chi connectivity index (χ2n) is 6.66. The highest BCUT2D eigenvalue weighted by atomic mass is 32.2. The molecule has 0 atom stereocenters. The number of sulfonamides is 1. The topological polar surface area (TPSA) is 98.5 Å². The van der Waals surface area contributed by atoms with Gasteiger partial charge in [-0.15, -0.1) is 0 Å². The SMILES string of the molecule is O=C(OCc1cc(-c2ccccc2)no1)c1ccc(F)c(S(=O)(=O)NC2CC2)c1. The van der Waals surface area contributed by atoms with Crippen LogP contribution in [0.2, 0.25) is 0 Å². The summed E-state index contributed by atoms with van der Waals surface area (Å²) in [6.45, 7) is -0.196. The molecular formula is C20H17FN2O5S. The Kier molecular flexibility index (Phi) is 5.16. The number of esters is 1. The zero-order valence-electron chi connectivity index (χ0n) is 15.2. The van der Waals surface area contributed by atoms with E-state index in [1.807, 2.05) is 30.3 Å². The number of nitrogens with one attached hydrogen (secondary N) is 1. The van der Waals surface area contributed by atoms with Gasteiger partial charge >= 0.3 is 5.97 Å². The van der Waals surface area contributed by atoms with E-state index in [1.54, 1.807) is 6.07 Å². The Balaban J connectivity index is 1.45. The molecular weight excluding hydrogens is 399 g/mol. The second-order valence-corrected chi connectivity index (χ2v) is 8.34. The first-order valence-corrected chi connectivity index (χ1v) is 10.4. The van der Waals surface area contributed by atoms with Crippen LogP contribution in [0.1, 0.15) is 29.0 Å². The van der Waals surface area contributed by atoms with Crippen molar-refractivity contribution < 1.29 is 26.9 Å². The Morgan fingerprint density at radius 1 is 1.17 bits per heavy atom. The van der Waals surface area contributed by atoms with Gasteiger partial charge in [-0.3, -0.25) is 0 Å². The smallest absolute Gasteiger partial charge is 0.338 e. The van der Waals surface area contributed by atoms with Crippen LogP contribution in [0, 0.1) is 5.82 Å². The fourth-order valence-corrected chi connectivity index (χ4v) is 4.07. The van der Waals surface area contributed by atoms with E-state index >= 15 is 0 Å². The first kappa shape index (κ1) is 19.3. The molecule has 1 heterocycles. The summed E-state index contributed by atoms with van der Waals surface area (Å²) in [5.41, 5.74) is 1.37. The Bertz CT molecular complexity index is 1140. The number of carbonyl (C=O) groups excluding carboxylic acids is 1. The predicted molar refractivity (Wildman–Crippen MR) is 101 cm³/mol. The van der Waals surface area contributed by atoms with Crippen LogP contribution in [0.4, 0.5) is 4.39 Å². The monoisotopic (exact) mass is 416 g/mol. The molecule has 29 heavy (non-hydrogen) atoms. The van der Waals surface area contributed by atoms with E-state index < -0.39 is 26.7 Å². The summed E-state index contributed by atoms with van der Waals surface area (Å²) < 4.78 is 51.3. The average molecular weight is 416 g/mol. The molecule has 2 aromatic carbocycles. The molecule has 4 rings (SSSR count). The largest absolute Gasteiger partial charge is 0.454 e. The maximum absolute atomic E-state index is 14.0. The molecule has 1 saturated carbocycles. The van der Waals surface area contributed by atoms with Gasteiger partial charge in [0, 0.05) is 17.7 Å². The fraction of sp³-hybridized carbons (Fsp3) is 0.200. The summed E-state index contributed by atoms with van der Waals surface area (Å²) in [4.78, 5) is 11.7. The van der Waals surface area contributed by atoms with Gasteiger partial charge in [0.25, 0.3) is 0 Å². The summed E-state index contributed by atoms with van der Waals surface area (Å²) in [5.74, 6) is -1.41. The summed E-state index contributed by atoms with van der Waals surface area (Å²) >= 11 is 0. The molecule has 0 aliphatic heterocycles. The lowest BCUT2D eigenvalue weighted by Gasteiger charge is -2.08. The van der Waals surface area contributed by atoms with Gasteiger partial charge in [-0.25, -0.2) is 22.3 Å². The third-order valence-corrected chi connectivity index (χ3v) is 5.87. The highest BCUT2D eigenvalue weighted by molar-refractivity contribution is 7.89. The Morgan fingerprint density at radius 3 is 2.66 bits per heavy atom. The lowest BCUT2D eigenvalue weighted by atomic mass is 10.1. The first-order chi connectivity index (χ1) is 13.9. The van der Waals surface area contributed by atoms with Gasteiger partial charge in [-0.05, 0) is 31.0 Å². The number of rotatable bonds is 7. The minimum Gasteiger partial charge on any atom is -0.454 e. The third kappa shape index (κ3) is 4.52. The predicted octanol–water partition coefficient (Wildman–Crippen LogP) is 3.28. The number of hydrogen-bond donors (Lipinski definition) is 1. The third-order valence-electron chi connectivity index (χ3n) is 4.33. The lowest BCUT2D eigenvalue weighted by Crippen LogP contribution is -2.26. The van der Waals surface area contributed by atoms with Crippen molar-refractivity contribution in [1.82, 2.24) is 9.88 Å². The number of nitrogens with zero attached hydrogens (tertiary/aromatic N) is 1. The number of aromatic nitrogens is 1. The lowest BCUT2D eigenvalue weighted by molar-refractivity contribution is 0.0437. The highest BCUT2D eigenvalue weighted by Crippen LogP contribution is 2.24. The standard InChI is InChI=1S/C20H17FN2O5S/c21-17-9-6-14(10-19(17)29(25,26)23-15-7-8-15)20(24)27-12-16-11-18(22-28-16)13-4-2-1-3-5-13/h1-6,9-11,15,23H,7-8,12H2.